The van der Waals surface area contributed by atoms with Gasteiger partial charge < -0.3 is 14.5 Å². The van der Waals surface area contributed by atoms with Crippen LogP contribution in [-0.2, 0) is 11.2 Å². The van der Waals surface area contributed by atoms with Crippen LogP contribution in [0.15, 0.2) is 18.2 Å². The zero-order valence-corrected chi connectivity index (χ0v) is 9.82. The van der Waals surface area contributed by atoms with E-state index in [-0.39, 0.29) is 0 Å². The monoisotopic (exact) mass is 234 g/mol. The van der Waals surface area contributed by atoms with Gasteiger partial charge in [0.25, 0.3) is 0 Å². The van der Waals surface area contributed by atoms with Gasteiger partial charge >= 0.3 is 6.16 Å². The number of aryl methyl sites for hydroxylation is 1. The van der Waals surface area contributed by atoms with Crippen LogP contribution in [0.1, 0.15) is 19.2 Å². The highest BCUT2D eigenvalue weighted by atomic mass is 16.7. The largest absolute Gasteiger partial charge is 0.513 e. The SMILES string of the molecule is CCCc1nc2cc(OC(=O)OC)ccc2[nH]1. The molecule has 0 spiro atoms. The molecule has 0 unspecified atom stereocenters. The third kappa shape index (κ3) is 2.55. The standard InChI is InChI=1S/C12H14N2O3/c1-3-4-11-13-9-6-5-8(7-10(9)14-11)17-12(15)16-2/h5-7H,3-4H2,1-2H3,(H,13,14). The summed E-state index contributed by atoms with van der Waals surface area (Å²) in [4.78, 5) is 18.6. The van der Waals surface area contributed by atoms with Crippen molar-refractivity contribution < 1.29 is 14.3 Å². The molecule has 0 aliphatic rings. The molecule has 0 aliphatic carbocycles. The van der Waals surface area contributed by atoms with E-state index in [4.69, 9.17) is 4.74 Å². The number of benzene rings is 1. The molecule has 1 aromatic heterocycles. The number of nitrogens with one attached hydrogen (secondary N) is 1. The molecule has 1 N–H and O–H groups in total. The van der Waals surface area contributed by atoms with Gasteiger partial charge in [-0.25, -0.2) is 9.78 Å². The maximum atomic E-state index is 11.0. The van der Waals surface area contributed by atoms with E-state index in [1.165, 1.54) is 7.11 Å². The average Bonchev–Trinajstić information content (AvgIpc) is 2.71. The Morgan fingerprint density at radius 2 is 2.29 bits per heavy atom. The van der Waals surface area contributed by atoms with Crippen molar-refractivity contribution in [2.24, 2.45) is 0 Å². The fourth-order valence-corrected chi connectivity index (χ4v) is 1.60. The van der Waals surface area contributed by atoms with E-state index < -0.39 is 6.16 Å². The highest BCUT2D eigenvalue weighted by Crippen LogP contribution is 2.19. The molecule has 5 heteroatoms. The summed E-state index contributed by atoms with van der Waals surface area (Å²) in [6.07, 6.45) is 1.21. The van der Waals surface area contributed by atoms with Crippen LogP contribution in [0.25, 0.3) is 11.0 Å². The number of nitrogens with zero attached hydrogens (tertiary/aromatic N) is 1. The van der Waals surface area contributed by atoms with Crippen LogP contribution < -0.4 is 4.74 Å². The lowest BCUT2D eigenvalue weighted by Gasteiger charge is -2.01. The quantitative estimate of drug-likeness (QED) is 0.655. The van der Waals surface area contributed by atoms with E-state index in [0.29, 0.717) is 5.75 Å². The lowest BCUT2D eigenvalue weighted by Crippen LogP contribution is -2.06. The van der Waals surface area contributed by atoms with Gasteiger partial charge in [-0.15, -0.1) is 0 Å². The number of aromatic nitrogens is 2. The van der Waals surface area contributed by atoms with Crippen molar-refractivity contribution in [2.75, 3.05) is 7.11 Å². The zero-order chi connectivity index (χ0) is 12.3. The molecule has 0 bridgehead atoms. The molecule has 0 saturated heterocycles. The molecule has 0 radical (unpaired) electrons. The van der Waals surface area contributed by atoms with Crippen molar-refractivity contribution >= 4 is 17.2 Å². The number of hydrogen-bond donors (Lipinski definition) is 1. The molecule has 0 atom stereocenters. The van der Waals surface area contributed by atoms with Gasteiger partial charge in [0.05, 0.1) is 18.1 Å². The van der Waals surface area contributed by atoms with Crippen LogP contribution in [0.4, 0.5) is 4.79 Å². The van der Waals surface area contributed by atoms with E-state index in [0.717, 1.165) is 29.7 Å². The average molecular weight is 234 g/mol. The number of methoxy groups -OCH3 is 1. The van der Waals surface area contributed by atoms with Gasteiger partial charge in [0.2, 0.25) is 0 Å². The van der Waals surface area contributed by atoms with E-state index in [9.17, 15) is 4.79 Å². The number of ether oxygens (including phenoxy) is 2. The third-order valence-electron chi connectivity index (χ3n) is 2.36. The van der Waals surface area contributed by atoms with Gasteiger partial charge in [0, 0.05) is 12.5 Å². The van der Waals surface area contributed by atoms with Crippen LogP contribution in [0.2, 0.25) is 0 Å². The van der Waals surface area contributed by atoms with Gasteiger partial charge in [0.15, 0.2) is 0 Å². The second-order valence-corrected chi connectivity index (χ2v) is 3.67. The van der Waals surface area contributed by atoms with Gasteiger partial charge in [0.1, 0.15) is 11.6 Å². The maximum Gasteiger partial charge on any atom is 0.513 e. The molecule has 0 amide bonds. The highest BCUT2D eigenvalue weighted by molar-refractivity contribution is 5.77. The van der Waals surface area contributed by atoms with Gasteiger partial charge in [-0.3, -0.25) is 0 Å². The molecule has 2 aromatic rings. The summed E-state index contributed by atoms with van der Waals surface area (Å²) < 4.78 is 9.35. The predicted octanol–water partition coefficient (Wildman–Crippen LogP) is 2.66. The number of fused-ring (bicyclic) bond motifs is 1. The van der Waals surface area contributed by atoms with Gasteiger partial charge in [-0.1, -0.05) is 6.92 Å². The first kappa shape index (κ1) is 11.4. The Morgan fingerprint density at radius 3 is 3.00 bits per heavy atom. The van der Waals surface area contributed by atoms with Crippen molar-refractivity contribution in [2.45, 2.75) is 19.8 Å². The zero-order valence-electron chi connectivity index (χ0n) is 9.82. The fraction of sp³-hybridized carbons (Fsp3) is 0.333. The topological polar surface area (TPSA) is 64.2 Å². The van der Waals surface area contributed by atoms with Crippen LogP contribution in [-0.4, -0.2) is 23.2 Å². The Labute approximate surface area is 98.8 Å². The number of imidazole rings is 1. The normalized spacial score (nSPS) is 10.5. The van der Waals surface area contributed by atoms with Crippen LogP contribution in [0, 0.1) is 0 Å². The first-order chi connectivity index (χ1) is 8.22. The molecule has 2 rings (SSSR count). The summed E-state index contributed by atoms with van der Waals surface area (Å²) >= 11 is 0. The van der Waals surface area contributed by atoms with Crippen LogP contribution >= 0.6 is 0 Å². The summed E-state index contributed by atoms with van der Waals surface area (Å²) in [5.74, 6) is 1.37. The van der Waals surface area contributed by atoms with Gasteiger partial charge in [-0.2, -0.15) is 0 Å². The smallest absolute Gasteiger partial charge is 0.437 e. The summed E-state index contributed by atoms with van der Waals surface area (Å²) in [5, 5.41) is 0. The Morgan fingerprint density at radius 1 is 1.47 bits per heavy atom. The predicted molar refractivity (Wildman–Crippen MR) is 63.1 cm³/mol. The summed E-state index contributed by atoms with van der Waals surface area (Å²) in [5.41, 5.74) is 1.72. The van der Waals surface area contributed by atoms with Crippen LogP contribution in [0.5, 0.6) is 5.75 Å². The number of hydrogen-bond acceptors (Lipinski definition) is 4. The minimum Gasteiger partial charge on any atom is -0.437 e. The Bertz CT molecular complexity index is 534. The molecule has 1 aromatic carbocycles. The van der Waals surface area contributed by atoms with E-state index in [1.807, 2.05) is 6.07 Å². The van der Waals surface area contributed by atoms with Crippen molar-refractivity contribution in [3.8, 4) is 5.75 Å². The molecule has 5 nitrogen and oxygen atoms in total. The van der Waals surface area contributed by atoms with Crippen molar-refractivity contribution in [3.05, 3.63) is 24.0 Å². The fourth-order valence-electron chi connectivity index (χ4n) is 1.60. The van der Waals surface area contributed by atoms with Crippen molar-refractivity contribution in [1.82, 2.24) is 9.97 Å². The summed E-state index contributed by atoms with van der Waals surface area (Å²) in [6.45, 7) is 2.10. The maximum absolute atomic E-state index is 11.0. The minimum atomic E-state index is -0.728. The van der Waals surface area contributed by atoms with E-state index >= 15 is 0 Å². The number of H-pyrrole nitrogens is 1. The Kier molecular flexibility index (Phi) is 3.27. The second kappa shape index (κ2) is 4.86. The summed E-state index contributed by atoms with van der Waals surface area (Å²) in [6, 6.07) is 5.24. The molecule has 17 heavy (non-hydrogen) atoms. The molecular weight excluding hydrogens is 220 g/mol. The lowest BCUT2D eigenvalue weighted by molar-refractivity contribution is 0.121. The van der Waals surface area contributed by atoms with Crippen molar-refractivity contribution in [1.29, 1.82) is 0 Å². The van der Waals surface area contributed by atoms with Crippen molar-refractivity contribution in [3.63, 3.8) is 0 Å². The third-order valence-corrected chi connectivity index (χ3v) is 2.36. The molecule has 0 saturated carbocycles. The first-order valence-corrected chi connectivity index (χ1v) is 5.47. The molecule has 0 fully saturated rings. The highest BCUT2D eigenvalue weighted by Gasteiger charge is 2.07. The van der Waals surface area contributed by atoms with E-state index in [2.05, 4.69) is 21.6 Å². The van der Waals surface area contributed by atoms with E-state index in [1.54, 1.807) is 12.1 Å². The van der Waals surface area contributed by atoms with Crippen LogP contribution in [0.3, 0.4) is 0 Å². The summed E-state index contributed by atoms with van der Waals surface area (Å²) in [7, 11) is 1.27. The number of rotatable bonds is 3. The Balaban J connectivity index is 2.26. The molecule has 1 heterocycles. The molecular formula is C12H14N2O3. The molecule has 90 valence electrons. The Hall–Kier alpha value is -2.04. The number of carbonyl (C=O) groups is 1. The number of carbonyl (C=O) groups excluding carboxylic acids is 1. The number of aromatic amines is 1. The first-order valence-electron chi connectivity index (χ1n) is 5.47. The molecule has 0 aliphatic heterocycles. The second-order valence-electron chi connectivity index (χ2n) is 3.67. The minimum absolute atomic E-state index is 0.430. The van der Waals surface area contributed by atoms with Gasteiger partial charge in [-0.05, 0) is 18.6 Å². The lowest BCUT2D eigenvalue weighted by atomic mass is 10.3.